The zero-order valence-electron chi connectivity index (χ0n) is 19.2. The lowest BCUT2D eigenvalue weighted by molar-refractivity contribution is -0.128. The lowest BCUT2D eigenvalue weighted by atomic mass is 10.1. The summed E-state index contributed by atoms with van der Waals surface area (Å²) in [6, 6.07) is 16.5. The van der Waals surface area contributed by atoms with E-state index >= 15 is 0 Å². The first-order chi connectivity index (χ1) is 16.0. The molecule has 4 rings (SSSR count). The first kappa shape index (κ1) is 23.3. The Kier molecular flexibility index (Phi) is 8.01. The second kappa shape index (κ2) is 11.3. The zero-order valence-corrected chi connectivity index (χ0v) is 20.0. The summed E-state index contributed by atoms with van der Waals surface area (Å²) < 4.78 is 11.3. The van der Waals surface area contributed by atoms with Gasteiger partial charge < -0.3 is 14.1 Å². The first-order valence-corrected chi connectivity index (χ1v) is 12.2. The molecule has 0 spiro atoms. The van der Waals surface area contributed by atoms with Gasteiger partial charge in [0.25, 0.3) is 11.1 Å². The van der Waals surface area contributed by atoms with Crippen molar-refractivity contribution in [3.8, 4) is 5.75 Å². The molecule has 7 nitrogen and oxygen atoms in total. The molecule has 1 aliphatic heterocycles. The quantitative estimate of drug-likeness (QED) is 0.463. The average molecular weight is 467 g/mol. The van der Waals surface area contributed by atoms with Gasteiger partial charge in [-0.25, -0.2) is 0 Å². The van der Waals surface area contributed by atoms with Gasteiger partial charge in [-0.3, -0.25) is 9.69 Å². The summed E-state index contributed by atoms with van der Waals surface area (Å²) in [6.07, 6.45) is 0.976. The number of amides is 1. The van der Waals surface area contributed by atoms with Gasteiger partial charge in [0.15, 0.2) is 6.61 Å². The van der Waals surface area contributed by atoms with Crippen LogP contribution >= 0.6 is 11.8 Å². The van der Waals surface area contributed by atoms with E-state index in [2.05, 4.69) is 46.3 Å². The van der Waals surface area contributed by atoms with Crippen molar-refractivity contribution in [2.75, 3.05) is 31.9 Å². The van der Waals surface area contributed by atoms with Crippen LogP contribution in [0, 0.1) is 13.8 Å². The van der Waals surface area contributed by atoms with Gasteiger partial charge in [0, 0.05) is 32.7 Å². The number of aryl methyl sites for hydroxylation is 2. The molecule has 0 atom stereocenters. The number of hydrogen-bond donors (Lipinski definition) is 0. The van der Waals surface area contributed by atoms with E-state index in [9.17, 15) is 4.79 Å². The van der Waals surface area contributed by atoms with E-state index in [0.29, 0.717) is 16.9 Å². The van der Waals surface area contributed by atoms with Crippen LogP contribution in [0.4, 0.5) is 0 Å². The van der Waals surface area contributed by atoms with Crippen LogP contribution in [0.15, 0.2) is 58.2 Å². The van der Waals surface area contributed by atoms with E-state index < -0.39 is 0 Å². The highest BCUT2D eigenvalue weighted by molar-refractivity contribution is 7.99. The average Bonchev–Trinajstić information content (AvgIpc) is 3.15. The summed E-state index contributed by atoms with van der Waals surface area (Å²) >= 11 is 1.28. The molecule has 0 saturated carbocycles. The molecular weight excluding hydrogens is 436 g/mol. The van der Waals surface area contributed by atoms with Crippen LogP contribution in [0.5, 0.6) is 5.75 Å². The summed E-state index contributed by atoms with van der Waals surface area (Å²) in [4.78, 5) is 17.1. The molecule has 1 aliphatic rings. The maximum Gasteiger partial charge on any atom is 0.277 e. The molecule has 1 aromatic heterocycles. The van der Waals surface area contributed by atoms with E-state index in [0.717, 1.165) is 44.9 Å². The Labute approximate surface area is 199 Å². The van der Waals surface area contributed by atoms with Gasteiger partial charge in [0.2, 0.25) is 5.91 Å². The van der Waals surface area contributed by atoms with Gasteiger partial charge >= 0.3 is 0 Å². The van der Waals surface area contributed by atoms with Crippen molar-refractivity contribution in [2.45, 2.75) is 38.6 Å². The highest BCUT2D eigenvalue weighted by atomic mass is 32.2. The Bertz CT molecular complexity index is 1040. The number of thioether (sulfide) groups is 1. The monoisotopic (exact) mass is 466 g/mol. The van der Waals surface area contributed by atoms with Crippen LogP contribution in [0.25, 0.3) is 0 Å². The maximum absolute atomic E-state index is 12.7. The van der Waals surface area contributed by atoms with Crippen molar-refractivity contribution in [1.29, 1.82) is 0 Å². The Morgan fingerprint density at radius 1 is 0.970 bits per heavy atom. The molecule has 2 heterocycles. The number of hydrogen-bond acceptors (Lipinski definition) is 7. The molecule has 8 heteroatoms. The Balaban J connectivity index is 1.20. The second-order valence-electron chi connectivity index (χ2n) is 8.35. The minimum absolute atomic E-state index is 0.104. The number of nitrogens with zero attached hydrogens (tertiary/aromatic N) is 4. The molecule has 1 saturated heterocycles. The van der Waals surface area contributed by atoms with E-state index in [1.54, 1.807) is 0 Å². The molecule has 174 valence electrons. The molecule has 2 aromatic carbocycles. The maximum atomic E-state index is 12.7. The van der Waals surface area contributed by atoms with Crippen LogP contribution in [0.2, 0.25) is 0 Å². The standard InChI is InChI=1S/C25H30N4O3S/c1-19-4-8-21(9-5-19)16-28-12-3-13-29(15-14-28)24(30)18-33-25-27-26-23(32-25)17-31-22-10-6-20(2)7-11-22/h4-11H,3,12-18H2,1-2H3. The lowest BCUT2D eigenvalue weighted by Gasteiger charge is -2.22. The molecule has 0 N–H and O–H groups in total. The molecule has 0 bridgehead atoms. The van der Waals surface area contributed by atoms with Crippen molar-refractivity contribution in [3.05, 3.63) is 71.1 Å². The van der Waals surface area contributed by atoms with E-state index in [-0.39, 0.29) is 12.5 Å². The third-order valence-electron chi connectivity index (χ3n) is 5.62. The van der Waals surface area contributed by atoms with Gasteiger partial charge in [-0.1, -0.05) is 59.3 Å². The molecule has 33 heavy (non-hydrogen) atoms. The fourth-order valence-electron chi connectivity index (χ4n) is 3.68. The molecule has 1 amide bonds. The smallest absolute Gasteiger partial charge is 0.277 e. The number of rotatable bonds is 8. The number of benzene rings is 2. The summed E-state index contributed by atoms with van der Waals surface area (Å²) in [7, 11) is 0. The normalized spacial score (nSPS) is 14.8. The molecule has 0 aliphatic carbocycles. The minimum atomic E-state index is 0.104. The number of carbonyl (C=O) groups excluding carboxylic acids is 1. The summed E-state index contributed by atoms with van der Waals surface area (Å²) in [6.45, 7) is 8.66. The van der Waals surface area contributed by atoms with E-state index in [1.165, 1.54) is 28.5 Å². The van der Waals surface area contributed by atoms with Gasteiger partial charge in [-0.2, -0.15) is 0 Å². The van der Waals surface area contributed by atoms with Crippen molar-refractivity contribution < 1.29 is 13.9 Å². The third-order valence-corrected chi connectivity index (χ3v) is 6.42. The second-order valence-corrected chi connectivity index (χ2v) is 9.27. The SMILES string of the molecule is Cc1ccc(CN2CCCN(C(=O)CSc3nnc(COc4ccc(C)cc4)o3)CC2)cc1. The van der Waals surface area contributed by atoms with Gasteiger partial charge in [-0.05, 0) is 38.0 Å². The van der Waals surface area contributed by atoms with Crippen molar-refractivity contribution in [1.82, 2.24) is 20.0 Å². The molecular formula is C25H30N4O3S. The number of aromatic nitrogens is 2. The van der Waals surface area contributed by atoms with Gasteiger partial charge in [0.05, 0.1) is 5.75 Å². The number of carbonyl (C=O) groups is 1. The predicted octanol–water partition coefficient (Wildman–Crippen LogP) is 4.09. The fraction of sp³-hybridized carbons (Fsp3) is 0.400. The lowest BCUT2D eigenvalue weighted by Crippen LogP contribution is -2.36. The van der Waals surface area contributed by atoms with Gasteiger partial charge in [0.1, 0.15) is 5.75 Å². The highest BCUT2D eigenvalue weighted by Crippen LogP contribution is 2.19. The summed E-state index contributed by atoms with van der Waals surface area (Å²) in [5.41, 5.74) is 3.76. The largest absolute Gasteiger partial charge is 0.484 e. The first-order valence-electron chi connectivity index (χ1n) is 11.3. The van der Waals surface area contributed by atoms with Crippen molar-refractivity contribution in [2.24, 2.45) is 0 Å². The van der Waals surface area contributed by atoms with Gasteiger partial charge in [-0.15, -0.1) is 10.2 Å². The van der Waals surface area contributed by atoms with E-state index in [4.69, 9.17) is 9.15 Å². The van der Waals surface area contributed by atoms with Crippen LogP contribution in [-0.2, 0) is 17.9 Å². The third kappa shape index (κ3) is 7.07. The number of ether oxygens (including phenoxy) is 1. The summed E-state index contributed by atoms with van der Waals surface area (Å²) in [5, 5.41) is 8.44. The van der Waals surface area contributed by atoms with Crippen LogP contribution in [0.3, 0.4) is 0 Å². The van der Waals surface area contributed by atoms with Crippen molar-refractivity contribution >= 4 is 17.7 Å². The summed E-state index contributed by atoms with van der Waals surface area (Å²) in [5.74, 6) is 1.54. The highest BCUT2D eigenvalue weighted by Gasteiger charge is 2.20. The van der Waals surface area contributed by atoms with E-state index in [1.807, 2.05) is 36.1 Å². The minimum Gasteiger partial charge on any atom is -0.484 e. The molecule has 3 aromatic rings. The molecule has 1 fully saturated rings. The Morgan fingerprint density at radius 3 is 2.45 bits per heavy atom. The zero-order chi connectivity index (χ0) is 23.0. The van der Waals surface area contributed by atoms with Crippen LogP contribution in [-0.4, -0.2) is 57.8 Å². The Hall–Kier alpha value is -2.84. The Morgan fingerprint density at radius 2 is 1.70 bits per heavy atom. The topological polar surface area (TPSA) is 71.7 Å². The van der Waals surface area contributed by atoms with Crippen molar-refractivity contribution in [3.63, 3.8) is 0 Å². The fourth-order valence-corrected chi connectivity index (χ4v) is 4.36. The van der Waals surface area contributed by atoms with Crippen LogP contribution < -0.4 is 4.74 Å². The molecule has 0 radical (unpaired) electrons. The molecule has 0 unspecified atom stereocenters. The van der Waals surface area contributed by atoms with Crippen LogP contribution in [0.1, 0.15) is 29.0 Å². The predicted molar refractivity (Wildman–Crippen MR) is 128 cm³/mol.